The molecular weight excluding hydrogens is 358 g/mol. The number of aromatic nitrogens is 3. The molecular formula is C24H25N5. The van der Waals surface area contributed by atoms with Crippen molar-refractivity contribution in [3.05, 3.63) is 77.9 Å². The Balaban J connectivity index is 1.40. The van der Waals surface area contributed by atoms with Gasteiger partial charge in [0.05, 0.1) is 17.8 Å². The summed E-state index contributed by atoms with van der Waals surface area (Å²) in [5.74, 6) is 1.02. The summed E-state index contributed by atoms with van der Waals surface area (Å²) in [5.41, 5.74) is 6.15. The maximum Gasteiger partial charge on any atom is 0.124 e. The third-order valence-corrected chi connectivity index (χ3v) is 6.44. The molecule has 5 nitrogen and oxygen atoms in total. The van der Waals surface area contributed by atoms with Crippen LogP contribution in [0.5, 0.6) is 0 Å². The van der Waals surface area contributed by atoms with Crippen LogP contribution in [0.3, 0.4) is 0 Å². The summed E-state index contributed by atoms with van der Waals surface area (Å²) >= 11 is 0. The Bertz CT molecular complexity index is 1140. The second-order valence-corrected chi connectivity index (χ2v) is 8.20. The molecule has 4 heterocycles. The number of benzene rings is 2. The van der Waals surface area contributed by atoms with E-state index in [-0.39, 0.29) is 12.1 Å². The second kappa shape index (κ2) is 6.87. The summed E-state index contributed by atoms with van der Waals surface area (Å²) in [6, 6.07) is 19.9. The van der Waals surface area contributed by atoms with Crippen LogP contribution in [-0.4, -0.2) is 27.5 Å². The van der Waals surface area contributed by atoms with Gasteiger partial charge in [-0.25, -0.2) is 4.98 Å². The molecule has 1 fully saturated rings. The monoisotopic (exact) mass is 383 g/mol. The van der Waals surface area contributed by atoms with Gasteiger partial charge in [-0.15, -0.1) is 0 Å². The van der Waals surface area contributed by atoms with Crippen molar-refractivity contribution in [3.8, 4) is 11.3 Å². The zero-order chi connectivity index (χ0) is 19.2. The number of H-pyrrole nitrogens is 2. The lowest BCUT2D eigenvalue weighted by atomic mass is 9.89. The SMILES string of the molecule is c1ccc(-c2c[nH]c([C@H]3Cc4c([nH]c5ccccc45)C([C@@H]4CCCN4)N3)n2)cc1. The minimum absolute atomic E-state index is 0.173. The standard InChI is InChI=1S/C24H25N5/c1-2-7-15(8-3-1)21-14-26-24(29-21)20-13-17-16-9-4-5-10-18(16)27-22(17)23(28-20)19-11-6-12-25-19/h1-5,7-10,14,19-20,23,25,27-28H,6,11-13H2,(H,26,29)/t19-,20+,23?/m0/s1. The van der Waals surface area contributed by atoms with E-state index in [4.69, 9.17) is 4.98 Å². The smallest absolute Gasteiger partial charge is 0.124 e. The number of nitrogens with zero attached hydrogens (tertiary/aromatic N) is 1. The molecule has 6 rings (SSSR count). The molecule has 0 saturated carbocycles. The molecule has 2 aliphatic heterocycles. The lowest BCUT2D eigenvalue weighted by molar-refractivity contribution is 0.332. The van der Waals surface area contributed by atoms with Crippen LogP contribution in [0.1, 0.15) is 42.0 Å². The van der Waals surface area contributed by atoms with Gasteiger partial charge in [-0.05, 0) is 37.4 Å². The van der Waals surface area contributed by atoms with Crippen LogP contribution in [0.4, 0.5) is 0 Å². The molecule has 146 valence electrons. The van der Waals surface area contributed by atoms with Crippen molar-refractivity contribution < 1.29 is 0 Å². The van der Waals surface area contributed by atoms with E-state index in [1.807, 2.05) is 12.3 Å². The molecule has 2 aromatic carbocycles. The van der Waals surface area contributed by atoms with Gasteiger partial charge >= 0.3 is 0 Å². The van der Waals surface area contributed by atoms with E-state index >= 15 is 0 Å². The quantitative estimate of drug-likeness (QED) is 0.428. The lowest BCUT2D eigenvalue weighted by Crippen LogP contribution is -2.43. The summed E-state index contributed by atoms with van der Waals surface area (Å²) in [6.45, 7) is 1.10. The average molecular weight is 383 g/mol. The van der Waals surface area contributed by atoms with Crippen LogP contribution >= 0.6 is 0 Å². The molecule has 5 heteroatoms. The molecule has 1 saturated heterocycles. The summed E-state index contributed by atoms with van der Waals surface area (Å²) in [6.07, 6.45) is 5.40. The maximum atomic E-state index is 4.95. The number of hydrogen-bond acceptors (Lipinski definition) is 3. The highest BCUT2D eigenvalue weighted by atomic mass is 15.1. The van der Waals surface area contributed by atoms with Crippen LogP contribution in [0.15, 0.2) is 60.8 Å². The number of fused-ring (bicyclic) bond motifs is 3. The van der Waals surface area contributed by atoms with Crippen molar-refractivity contribution in [2.75, 3.05) is 6.54 Å². The number of hydrogen-bond donors (Lipinski definition) is 4. The van der Waals surface area contributed by atoms with E-state index in [9.17, 15) is 0 Å². The first-order chi connectivity index (χ1) is 14.4. The Kier molecular flexibility index (Phi) is 4.03. The predicted octanol–water partition coefficient (Wildman–Crippen LogP) is 4.24. The molecule has 0 spiro atoms. The van der Waals surface area contributed by atoms with E-state index < -0.39 is 0 Å². The Labute approximate surface area is 170 Å². The molecule has 0 bridgehead atoms. The van der Waals surface area contributed by atoms with Gasteiger partial charge < -0.3 is 15.3 Å². The first kappa shape index (κ1) is 17.0. The molecule has 4 N–H and O–H groups in total. The third-order valence-electron chi connectivity index (χ3n) is 6.44. The van der Waals surface area contributed by atoms with E-state index in [0.717, 1.165) is 30.0 Å². The van der Waals surface area contributed by atoms with Crippen molar-refractivity contribution in [2.45, 2.75) is 37.4 Å². The fourth-order valence-corrected chi connectivity index (χ4v) is 5.03. The normalized spacial score (nSPS) is 24.1. The Morgan fingerprint density at radius 1 is 0.966 bits per heavy atom. The minimum Gasteiger partial charge on any atom is -0.357 e. The van der Waals surface area contributed by atoms with Gasteiger partial charge in [-0.1, -0.05) is 48.5 Å². The molecule has 29 heavy (non-hydrogen) atoms. The summed E-state index contributed by atoms with van der Waals surface area (Å²) in [4.78, 5) is 12.1. The number of para-hydroxylation sites is 1. The predicted molar refractivity (Wildman–Crippen MR) is 116 cm³/mol. The van der Waals surface area contributed by atoms with E-state index in [2.05, 4.69) is 69.1 Å². The molecule has 2 aromatic heterocycles. The van der Waals surface area contributed by atoms with Crippen LogP contribution in [0.25, 0.3) is 22.2 Å². The van der Waals surface area contributed by atoms with Crippen LogP contribution in [-0.2, 0) is 6.42 Å². The zero-order valence-corrected chi connectivity index (χ0v) is 16.3. The molecule has 4 aromatic rings. The van der Waals surface area contributed by atoms with Gasteiger partial charge in [0.15, 0.2) is 0 Å². The number of aromatic amines is 2. The van der Waals surface area contributed by atoms with Crippen LogP contribution < -0.4 is 10.6 Å². The topological polar surface area (TPSA) is 68.5 Å². The van der Waals surface area contributed by atoms with Crippen molar-refractivity contribution >= 4 is 10.9 Å². The first-order valence-corrected chi connectivity index (χ1v) is 10.6. The summed E-state index contributed by atoms with van der Waals surface area (Å²) in [5, 5.41) is 8.95. The average Bonchev–Trinajstić information content (AvgIpc) is 3.53. The molecule has 2 aliphatic rings. The Hall–Kier alpha value is -2.89. The number of imidazole rings is 1. The van der Waals surface area contributed by atoms with E-state index in [1.165, 1.54) is 35.0 Å². The van der Waals surface area contributed by atoms with E-state index in [1.54, 1.807) is 0 Å². The molecule has 1 unspecified atom stereocenters. The highest BCUT2D eigenvalue weighted by Crippen LogP contribution is 2.38. The first-order valence-electron chi connectivity index (χ1n) is 10.6. The van der Waals surface area contributed by atoms with Crippen molar-refractivity contribution in [2.24, 2.45) is 0 Å². The summed E-state index contributed by atoms with van der Waals surface area (Å²) < 4.78 is 0. The van der Waals surface area contributed by atoms with Gasteiger partial charge in [0.25, 0.3) is 0 Å². The van der Waals surface area contributed by atoms with Gasteiger partial charge in [-0.2, -0.15) is 0 Å². The second-order valence-electron chi connectivity index (χ2n) is 8.20. The van der Waals surface area contributed by atoms with Crippen LogP contribution in [0, 0.1) is 0 Å². The highest BCUT2D eigenvalue weighted by molar-refractivity contribution is 5.85. The summed E-state index contributed by atoms with van der Waals surface area (Å²) in [7, 11) is 0. The lowest BCUT2D eigenvalue weighted by Gasteiger charge is -2.34. The van der Waals surface area contributed by atoms with Crippen molar-refractivity contribution in [1.29, 1.82) is 0 Å². The fourth-order valence-electron chi connectivity index (χ4n) is 5.03. The minimum atomic E-state index is 0.173. The number of nitrogens with one attached hydrogen (secondary N) is 4. The van der Waals surface area contributed by atoms with Gasteiger partial charge in [0.1, 0.15) is 5.82 Å². The molecule has 3 atom stereocenters. The molecule has 0 amide bonds. The fraction of sp³-hybridized carbons (Fsp3) is 0.292. The maximum absolute atomic E-state index is 4.95. The number of rotatable bonds is 3. The Morgan fingerprint density at radius 2 is 1.83 bits per heavy atom. The molecule has 0 aliphatic carbocycles. The highest BCUT2D eigenvalue weighted by Gasteiger charge is 2.36. The van der Waals surface area contributed by atoms with Gasteiger partial charge in [0.2, 0.25) is 0 Å². The third kappa shape index (κ3) is 2.89. The van der Waals surface area contributed by atoms with Crippen molar-refractivity contribution in [1.82, 2.24) is 25.6 Å². The Morgan fingerprint density at radius 3 is 2.69 bits per heavy atom. The zero-order valence-electron chi connectivity index (χ0n) is 16.3. The van der Waals surface area contributed by atoms with Gasteiger partial charge in [-0.3, -0.25) is 5.32 Å². The van der Waals surface area contributed by atoms with E-state index in [0.29, 0.717) is 6.04 Å². The van der Waals surface area contributed by atoms with Crippen LogP contribution in [0.2, 0.25) is 0 Å². The van der Waals surface area contributed by atoms with Crippen molar-refractivity contribution in [3.63, 3.8) is 0 Å². The largest absolute Gasteiger partial charge is 0.357 e. The molecule has 0 radical (unpaired) electrons. The van der Waals surface area contributed by atoms with Gasteiger partial charge in [0, 0.05) is 34.4 Å².